The molecule has 0 saturated carbocycles. The molecule has 4 aromatic rings. The summed E-state index contributed by atoms with van der Waals surface area (Å²) in [5.41, 5.74) is 14.5. The van der Waals surface area contributed by atoms with Crippen molar-refractivity contribution in [3.63, 3.8) is 0 Å². The molecule has 4 atom stereocenters. The van der Waals surface area contributed by atoms with Crippen molar-refractivity contribution in [2.75, 3.05) is 36.5 Å². The summed E-state index contributed by atoms with van der Waals surface area (Å²) in [5.74, 6) is 2.73. The summed E-state index contributed by atoms with van der Waals surface area (Å²) < 4.78 is 5.29. The van der Waals surface area contributed by atoms with E-state index < -0.39 is 0 Å². The molecule has 0 N–H and O–H groups in total. The van der Waals surface area contributed by atoms with Gasteiger partial charge in [0.15, 0.2) is 0 Å². The van der Waals surface area contributed by atoms with E-state index in [-0.39, 0.29) is 16.9 Å². The van der Waals surface area contributed by atoms with E-state index in [1.807, 2.05) is 4.90 Å². The van der Waals surface area contributed by atoms with E-state index in [0.29, 0.717) is 36.1 Å². The average molecular weight is 709 g/mol. The lowest BCUT2D eigenvalue weighted by molar-refractivity contribution is 0.175. The summed E-state index contributed by atoms with van der Waals surface area (Å²) in [6.45, 7) is 17.4. The molecule has 0 saturated heterocycles. The van der Waals surface area contributed by atoms with Gasteiger partial charge < -0.3 is 9.64 Å². The van der Waals surface area contributed by atoms with Crippen LogP contribution in [0.2, 0.25) is 0 Å². The highest BCUT2D eigenvalue weighted by Crippen LogP contribution is 2.51. The Kier molecular flexibility index (Phi) is 9.48. The van der Waals surface area contributed by atoms with Crippen LogP contribution in [0.15, 0.2) is 84.9 Å². The molecular weight excluding hydrogens is 649 g/mol. The van der Waals surface area contributed by atoms with Crippen molar-refractivity contribution in [2.45, 2.75) is 104 Å². The van der Waals surface area contributed by atoms with E-state index in [9.17, 15) is 4.79 Å². The topological polar surface area (TPSA) is 32.8 Å². The van der Waals surface area contributed by atoms with Gasteiger partial charge in [0.05, 0.1) is 12.8 Å². The van der Waals surface area contributed by atoms with Gasteiger partial charge in [-0.2, -0.15) is 0 Å². The fourth-order valence-corrected chi connectivity index (χ4v) is 11.0. The molecule has 0 fully saturated rings. The maximum Gasteiger partial charge on any atom is 0.414 e. The van der Waals surface area contributed by atoms with Crippen molar-refractivity contribution in [2.24, 2.45) is 22.7 Å². The highest BCUT2D eigenvalue weighted by Gasteiger charge is 2.42. The predicted molar refractivity (Wildman–Crippen MR) is 220 cm³/mol. The number of carbonyl (C=O) groups is 1. The van der Waals surface area contributed by atoms with Gasteiger partial charge in [0.1, 0.15) is 0 Å². The van der Waals surface area contributed by atoms with Gasteiger partial charge in [-0.15, -0.1) is 0 Å². The Morgan fingerprint density at radius 1 is 0.698 bits per heavy atom. The fourth-order valence-electron chi connectivity index (χ4n) is 11.0. The molecule has 2 aliphatic heterocycles. The Balaban J connectivity index is 1.06. The van der Waals surface area contributed by atoms with Gasteiger partial charge in [0, 0.05) is 25.3 Å². The summed E-state index contributed by atoms with van der Waals surface area (Å²) in [4.78, 5) is 17.6. The van der Waals surface area contributed by atoms with E-state index in [4.69, 9.17) is 4.74 Å². The van der Waals surface area contributed by atoms with E-state index in [1.54, 1.807) is 16.7 Å². The summed E-state index contributed by atoms with van der Waals surface area (Å²) in [7, 11) is 1.50. The lowest BCUT2D eigenvalue weighted by Gasteiger charge is -2.47. The van der Waals surface area contributed by atoms with Crippen LogP contribution in [0.25, 0.3) is 0 Å². The summed E-state index contributed by atoms with van der Waals surface area (Å²) in [6.07, 6.45) is 7.53. The average Bonchev–Trinajstić information content (AvgIpc) is 3.69. The van der Waals surface area contributed by atoms with Crippen molar-refractivity contribution < 1.29 is 9.53 Å². The van der Waals surface area contributed by atoms with Crippen molar-refractivity contribution in [1.29, 1.82) is 0 Å². The van der Waals surface area contributed by atoms with Crippen molar-refractivity contribution in [1.82, 2.24) is 0 Å². The maximum atomic E-state index is 13.0. The number of benzene rings is 4. The van der Waals surface area contributed by atoms with Crippen molar-refractivity contribution in [3.05, 3.63) is 129 Å². The number of amides is 1. The second-order valence-corrected chi connectivity index (χ2v) is 18.8. The number of methoxy groups -OCH3 is 1. The summed E-state index contributed by atoms with van der Waals surface area (Å²) in [6, 6.07) is 32.5. The van der Waals surface area contributed by atoms with Gasteiger partial charge >= 0.3 is 6.09 Å². The lowest BCUT2D eigenvalue weighted by atomic mass is 9.69. The minimum absolute atomic E-state index is 0.0191. The van der Waals surface area contributed by atoms with E-state index >= 15 is 0 Å². The largest absolute Gasteiger partial charge is 0.452 e. The zero-order valence-corrected chi connectivity index (χ0v) is 33.3. The van der Waals surface area contributed by atoms with Crippen LogP contribution in [0, 0.1) is 22.7 Å². The Labute approximate surface area is 318 Å². The number of fused-ring (bicyclic) bond motifs is 4. The van der Waals surface area contributed by atoms with Crippen LogP contribution >= 0.6 is 0 Å². The third kappa shape index (κ3) is 6.92. The first kappa shape index (κ1) is 36.0. The summed E-state index contributed by atoms with van der Waals surface area (Å²) >= 11 is 0. The molecule has 1 amide bonds. The molecule has 0 radical (unpaired) electrons. The number of nitrogens with zero attached hydrogens (tertiary/aromatic N) is 2. The Hall–Kier alpha value is -4.05. The minimum atomic E-state index is -0.258. The van der Waals surface area contributed by atoms with Crippen molar-refractivity contribution >= 4 is 17.5 Å². The number of ether oxygens (including phenoxy) is 1. The van der Waals surface area contributed by atoms with Gasteiger partial charge in [-0.1, -0.05) is 114 Å². The maximum absolute atomic E-state index is 13.0. The van der Waals surface area contributed by atoms with E-state index in [0.717, 1.165) is 50.9 Å². The molecule has 8 rings (SSSR count). The smallest absolute Gasteiger partial charge is 0.414 e. The fraction of sp³-hybridized carbons (Fsp3) is 0.490. The third-order valence-electron chi connectivity index (χ3n) is 13.8. The Bertz CT molecular complexity index is 1960. The monoisotopic (exact) mass is 708 g/mol. The number of hydrogen-bond donors (Lipinski definition) is 0. The molecule has 4 unspecified atom stereocenters. The molecule has 2 aliphatic carbocycles. The highest BCUT2D eigenvalue weighted by atomic mass is 16.5. The highest BCUT2D eigenvalue weighted by molar-refractivity contribution is 5.89. The van der Waals surface area contributed by atoms with Gasteiger partial charge in [-0.3, -0.25) is 4.90 Å². The van der Waals surface area contributed by atoms with E-state index in [2.05, 4.69) is 131 Å². The molecule has 4 heteroatoms. The van der Waals surface area contributed by atoms with Gasteiger partial charge in [-0.05, 0) is 142 Å². The second kappa shape index (κ2) is 14.0. The number of rotatable bonds is 7. The van der Waals surface area contributed by atoms with Crippen LogP contribution in [0.1, 0.15) is 117 Å². The lowest BCUT2D eigenvalue weighted by Crippen LogP contribution is -2.45. The van der Waals surface area contributed by atoms with Gasteiger partial charge in [0.2, 0.25) is 0 Å². The zero-order valence-electron chi connectivity index (χ0n) is 33.3. The molecule has 53 heavy (non-hydrogen) atoms. The molecular formula is C49H60N2O2. The molecule has 0 spiro atoms. The SMILES string of the molecule is COC(=O)N1CCC(C(C)(C)CN2CCC(C(C)(C)C)c3cc(CC4Cc5ccccc5C4C)ccc32)c2cc(CC3Cc4ccccc4C3)ccc21. The zero-order chi connectivity index (χ0) is 37.1. The molecule has 2 heterocycles. The van der Waals surface area contributed by atoms with Crippen LogP contribution < -0.4 is 9.80 Å². The van der Waals surface area contributed by atoms with Crippen LogP contribution in [0.3, 0.4) is 0 Å². The Morgan fingerprint density at radius 3 is 1.96 bits per heavy atom. The first-order chi connectivity index (χ1) is 25.4. The van der Waals surface area contributed by atoms with Crippen LogP contribution in [0.4, 0.5) is 16.2 Å². The number of hydrogen-bond acceptors (Lipinski definition) is 3. The van der Waals surface area contributed by atoms with Crippen LogP contribution in [-0.2, 0) is 36.8 Å². The molecule has 4 aromatic carbocycles. The quantitative estimate of drug-likeness (QED) is 0.192. The molecule has 4 aliphatic rings. The molecule has 0 bridgehead atoms. The number of carbonyl (C=O) groups excluding carboxylic acids is 1. The van der Waals surface area contributed by atoms with Crippen LogP contribution in [-0.4, -0.2) is 32.8 Å². The van der Waals surface area contributed by atoms with E-state index in [1.165, 1.54) is 53.5 Å². The first-order valence-corrected chi connectivity index (χ1v) is 20.4. The summed E-state index contributed by atoms with van der Waals surface area (Å²) in [5, 5.41) is 0. The Morgan fingerprint density at radius 2 is 1.30 bits per heavy atom. The normalized spacial score (nSPS) is 22.6. The molecule has 0 aromatic heterocycles. The van der Waals surface area contributed by atoms with Crippen LogP contribution in [0.5, 0.6) is 0 Å². The first-order valence-electron chi connectivity index (χ1n) is 20.4. The number of anilines is 2. The molecule has 4 nitrogen and oxygen atoms in total. The second-order valence-electron chi connectivity index (χ2n) is 18.8. The van der Waals surface area contributed by atoms with Crippen molar-refractivity contribution in [3.8, 4) is 0 Å². The standard InChI is InChI=1S/C49H60N2O2/c1-32-39(30-38-14-10-11-15-40(32)38)25-34-16-18-45-41(29-34)43(48(2,3)4)20-22-50(45)31-49(5,6)44-21-23-51(47(52)53-7)46-19-17-33(28-42(44)46)24-35-26-36-12-8-9-13-37(36)27-35/h8-19,28-29,32,35,39,43-44H,20-27,30-31H2,1-7H3. The predicted octanol–water partition coefficient (Wildman–Crippen LogP) is 11.3. The van der Waals surface area contributed by atoms with Gasteiger partial charge in [0.25, 0.3) is 0 Å². The van der Waals surface area contributed by atoms with Gasteiger partial charge in [-0.25, -0.2) is 4.79 Å². The minimum Gasteiger partial charge on any atom is -0.452 e. The molecule has 278 valence electrons. The third-order valence-corrected chi connectivity index (χ3v) is 13.8.